The van der Waals surface area contributed by atoms with Crippen LogP contribution in [0.1, 0.15) is 48.0 Å². The zero-order chi connectivity index (χ0) is 12.7. The lowest BCUT2D eigenvalue weighted by molar-refractivity contribution is 0.186. The molecule has 1 aromatic carbocycles. The molecule has 0 bridgehead atoms. The van der Waals surface area contributed by atoms with Crippen LogP contribution in [-0.2, 0) is 0 Å². The minimum absolute atomic E-state index is 0.559. The second kappa shape index (κ2) is 4.29. The van der Waals surface area contributed by atoms with E-state index in [9.17, 15) is 5.11 Å². The van der Waals surface area contributed by atoms with E-state index in [1.165, 1.54) is 6.42 Å². The van der Waals surface area contributed by atoms with Gasteiger partial charge in [-0.3, -0.25) is 0 Å². The second-order valence-electron chi connectivity index (χ2n) is 5.38. The number of furan rings is 1. The van der Waals surface area contributed by atoms with Crippen molar-refractivity contribution in [1.82, 2.24) is 0 Å². The number of rotatable bonds is 3. The van der Waals surface area contributed by atoms with Crippen LogP contribution in [0.15, 0.2) is 40.8 Å². The molecule has 2 nitrogen and oxygen atoms in total. The van der Waals surface area contributed by atoms with E-state index in [-0.39, 0.29) is 0 Å². The Hall–Kier alpha value is -1.54. The number of aliphatic hydroxyl groups excluding tert-OH is 1. The molecule has 0 saturated heterocycles. The molecule has 1 aliphatic carbocycles. The fourth-order valence-corrected chi connectivity index (χ4v) is 2.44. The van der Waals surface area contributed by atoms with Gasteiger partial charge in [-0.25, -0.2) is 0 Å². The van der Waals surface area contributed by atoms with Crippen molar-refractivity contribution in [3.63, 3.8) is 0 Å². The van der Waals surface area contributed by atoms with E-state index < -0.39 is 6.10 Å². The third kappa shape index (κ3) is 2.08. The summed E-state index contributed by atoms with van der Waals surface area (Å²) < 4.78 is 5.78. The summed E-state index contributed by atoms with van der Waals surface area (Å²) in [7, 11) is 0. The Kier molecular flexibility index (Phi) is 2.75. The summed E-state index contributed by atoms with van der Waals surface area (Å²) in [4.78, 5) is 0. The van der Waals surface area contributed by atoms with Crippen LogP contribution in [0.4, 0.5) is 0 Å². The molecule has 1 N–H and O–H groups in total. The fraction of sp³-hybridized carbons (Fsp3) is 0.375. The molecular weight excluding hydrogens is 224 g/mol. The predicted octanol–water partition coefficient (Wildman–Crippen LogP) is 3.79. The smallest absolute Gasteiger partial charge is 0.137 e. The Balaban J connectivity index is 1.83. The Morgan fingerprint density at radius 2 is 2.06 bits per heavy atom. The molecule has 1 heterocycles. The van der Waals surface area contributed by atoms with Gasteiger partial charge in [-0.2, -0.15) is 0 Å². The van der Waals surface area contributed by atoms with E-state index in [0.29, 0.717) is 11.7 Å². The van der Waals surface area contributed by atoms with E-state index in [4.69, 9.17) is 4.42 Å². The molecular formula is C16H18O2. The molecule has 2 heteroatoms. The maximum Gasteiger partial charge on any atom is 0.137 e. The van der Waals surface area contributed by atoms with Gasteiger partial charge in [0.05, 0.1) is 0 Å². The van der Waals surface area contributed by atoms with Crippen molar-refractivity contribution in [2.45, 2.75) is 32.3 Å². The largest absolute Gasteiger partial charge is 0.463 e. The summed E-state index contributed by atoms with van der Waals surface area (Å²) in [5.41, 5.74) is 2.04. The highest BCUT2D eigenvalue weighted by atomic mass is 16.4. The van der Waals surface area contributed by atoms with Crippen LogP contribution in [0.5, 0.6) is 0 Å². The lowest BCUT2D eigenvalue weighted by Crippen LogP contribution is -1.98. The summed E-state index contributed by atoms with van der Waals surface area (Å²) in [6.07, 6.45) is 0.542. The number of hydrogen-bond acceptors (Lipinski definition) is 2. The minimum atomic E-state index is -0.660. The maximum atomic E-state index is 10.3. The summed E-state index contributed by atoms with van der Waals surface area (Å²) in [5, 5.41) is 10.3. The fourth-order valence-electron chi connectivity index (χ4n) is 2.44. The van der Waals surface area contributed by atoms with Gasteiger partial charge in [-0.05, 0) is 37.0 Å². The third-order valence-electron chi connectivity index (χ3n) is 3.75. The molecule has 3 atom stereocenters. The van der Waals surface area contributed by atoms with E-state index in [0.717, 1.165) is 22.8 Å². The quantitative estimate of drug-likeness (QED) is 0.888. The molecule has 0 amide bonds. The van der Waals surface area contributed by atoms with E-state index in [1.54, 1.807) is 0 Å². The minimum Gasteiger partial charge on any atom is -0.463 e. The molecule has 1 aliphatic rings. The average Bonchev–Trinajstić information content (AvgIpc) is 2.91. The van der Waals surface area contributed by atoms with Crippen molar-refractivity contribution in [2.24, 2.45) is 5.92 Å². The van der Waals surface area contributed by atoms with Gasteiger partial charge in [-0.1, -0.05) is 36.8 Å². The highest BCUT2D eigenvalue weighted by molar-refractivity contribution is 5.29. The number of hydrogen-bond donors (Lipinski definition) is 1. The highest BCUT2D eigenvalue weighted by Crippen LogP contribution is 2.47. The first-order valence-electron chi connectivity index (χ1n) is 6.49. The van der Waals surface area contributed by atoms with E-state index in [1.807, 2.05) is 43.3 Å². The molecule has 1 aromatic heterocycles. The van der Waals surface area contributed by atoms with Crippen molar-refractivity contribution in [3.05, 3.63) is 59.0 Å². The summed E-state index contributed by atoms with van der Waals surface area (Å²) in [6, 6.07) is 11.8. The lowest BCUT2D eigenvalue weighted by Gasteiger charge is -2.08. The van der Waals surface area contributed by atoms with Crippen molar-refractivity contribution in [2.75, 3.05) is 0 Å². The molecule has 3 unspecified atom stereocenters. The van der Waals surface area contributed by atoms with Gasteiger partial charge in [0.1, 0.15) is 17.6 Å². The molecule has 18 heavy (non-hydrogen) atoms. The van der Waals surface area contributed by atoms with Crippen LogP contribution in [0.3, 0.4) is 0 Å². The van der Waals surface area contributed by atoms with Crippen molar-refractivity contribution < 1.29 is 9.52 Å². The zero-order valence-corrected chi connectivity index (χ0v) is 10.8. The van der Waals surface area contributed by atoms with E-state index >= 15 is 0 Å². The van der Waals surface area contributed by atoms with Gasteiger partial charge >= 0.3 is 0 Å². The van der Waals surface area contributed by atoms with Crippen LogP contribution in [0.25, 0.3) is 0 Å². The molecule has 0 spiro atoms. The van der Waals surface area contributed by atoms with Crippen LogP contribution >= 0.6 is 0 Å². The standard InChI is InChI=1S/C16H18O2/c1-10-4-3-5-12(8-10)16(17)15-7-6-14(18-15)13-9-11(13)2/h3-8,11,13,16-17H,9H2,1-2H3. The van der Waals surface area contributed by atoms with Gasteiger partial charge in [0.25, 0.3) is 0 Å². The first-order chi connectivity index (χ1) is 8.65. The molecule has 0 aliphatic heterocycles. The summed E-state index contributed by atoms with van der Waals surface area (Å²) >= 11 is 0. The molecule has 94 valence electrons. The van der Waals surface area contributed by atoms with Crippen LogP contribution in [-0.4, -0.2) is 5.11 Å². The van der Waals surface area contributed by atoms with Crippen LogP contribution < -0.4 is 0 Å². The molecule has 0 radical (unpaired) electrons. The first kappa shape index (κ1) is 11.5. The van der Waals surface area contributed by atoms with Gasteiger partial charge in [0, 0.05) is 5.92 Å². The van der Waals surface area contributed by atoms with Gasteiger partial charge in [-0.15, -0.1) is 0 Å². The number of benzene rings is 1. The predicted molar refractivity (Wildman–Crippen MR) is 70.5 cm³/mol. The first-order valence-corrected chi connectivity index (χ1v) is 6.49. The summed E-state index contributed by atoms with van der Waals surface area (Å²) in [5.74, 6) is 2.95. The topological polar surface area (TPSA) is 33.4 Å². The number of aryl methyl sites for hydroxylation is 1. The normalized spacial score (nSPS) is 23.9. The van der Waals surface area contributed by atoms with Crippen molar-refractivity contribution in [1.29, 1.82) is 0 Å². The van der Waals surface area contributed by atoms with Crippen LogP contribution in [0, 0.1) is 12.8 Å². The number of aliphatic hydroxyl groups is 1. The van der Waals surface area contributed by atoms with Gasteiger partial charge in [0.15, 0.2) is 0 Å². The Morgan fingerprint density at radius 3 is 2.72 bits per heavy atom. The average molecular weight is 242 g/mol. The highest BCUT2D eigenvalue weighted by Gasteiger charge is 2.36. The maximum absolute atomic E-state index is 10.3. The monoisotopic (exact) mass is 242 g/mol. The molecule has 2 aromatic rings. The van der Waals surface area contributed by atoms with Crippen molar-refractivity contribution in [3.8, 4) is 0 Å². The second-order valence-corrected chi connectivity index (χ2v) is 5.38. The SMILES string of the molecule is Cc1cccc(C(O)c2ccc(C3CC3C)o2)c1. The Morgan fingerprint density at radius 1 is 1.28 bits per heavy atom. The molecule has 3 rings (SSSR count). The van der Waals surface area contributed by atoms with Crippen LogP contribution in [0.2, 0.25) is 0 Å². The van der Waals surface area contributed by atoms with Gasteiger partial charge in [0.2, 0.25) is 0 Å². The van der Waals surface area contributed by atoms with Gasteiger partial charge < -0.3 is 9.52 Å². The Bertz CT molecular complexity index is 556. The zero-order valence-electron chi connectivity index (χ0n) is 10.8. The van der Waals surface area contributed by atoms with E-state index in [2.05, 4.69) is 6.92 Å². The Labute approximate surface area is 107 Å². The molecule has 1 saturated carbocycles. The lowest BCUT2D eigenvalue weighted by atomic mass is 10.1. The summed E-state index contributed by atoms with van der Waals surface area (Å²) in [6.45, 7) is 4.25. The van der Waals surface area contributed by atoms with Crippen molar-refractivity contribution >= 4 is 0 Å². The molecule has 1 fully saturated rings. The third-order valence-corrected chi connectivity index (χ3v) is 3.75.